The smallest absolute Gasteiger partial charge is 0.123 e. The lowest BCUT2D eigenvalue weighted by molar-refractivity contribution is 0.185. The van der Waals surface area contributed by atoms with Crippen molar-refractivity contribution in [2.75, 3.05) is 5.88 Å². The molecule has 0 amide bonds. The molecule has 0 heterocycles. The van der Waals surface area contributed by atoms with E-state index >= 15 is 0 Å². The number of alkyl halides is 1. The lowest BCUT2D eigenvalue weighted by Gasteiger charge is -2.07. The van der Waals surface area contributed by atoms with Crippen molar-refractivity contribution in [1.29, 1.82) is 0 Å². The lowest BCUT2D eigenvalue weighted by atomic mass is 10.1. The summed E-state index contributed by atoms with van der Waals surface area (Å²) in [5.74, 6) is -0.0627. The Morgan fingerprint density at radius 2 is 2.13 bits per heavy atom. The summed E-state index contributed by atoms with van der Waals surface area (Å²) in [5, 5.41) is 18.6. The van der Waals surface area contributed by atoms with Crippen LogP contribution in [0.1, 0.15) is 18.4 Å². The summed E-state index contributed by atoms with van der Waals surface area (Å²) in [7, 11) is 0. The number of hydrogen-bond acceptors (Lipinski definition) is 2. The van der Waals surface area contributed by atoms with Crippen LogP contribution in [0.3, 0.4) is 0 Å². The third-order valence-electron chi connectivity index (χ3n) is 2.20. The van der Waals surface area contributed by atoms with Gasteiger partial charge in [-0.05, 0) is 43.0 Å². The fraction of sp³-hybridized carbons (Fsp3) is 0.455. The molecule has 0 saturated heterocycles. The molecule has 0 saturated carbocycles. The van der Waals surface area contributed by atoms with E-state index in [0.717, 1.165) is 0 Å². The highest BCUT2D eigenvalue weighted by Crippen LogP contribution is 2.20. The van der Waals surface area contributed by atoms with Crippen LogP contribution in [0, 0.1) is 5.82 Å². The Balaban J connectivity index is 2.46. The maximum absolute atomic E-state index is 12.8. The van der Waals surface area contributed by atoms with Crippen molar-refractivity contribution in [3.05, 3.63) is 29.6 Å². The van der Waals surface area contributed by atoms with Gasteiger partial charge in [-0.2, -0.15) is 0 Å². The third-order valence-corrected chi connectivity index (χ3v) is 2.56. The fourth-order valence-corrected chi connectivity index (χ4v) is 1.51. The SMILES string of the molecule is Oc1ccc(F)cc1CCC[C@@H](O)CCl. The molecular formula is C11H14ClFO2. The monoisotopic (exact) mass is 232 g/mol. The quantitative estimate of drug-likeness (QED) is 0.766. The number of aliphatic hydroxyl groups excluding tert-OH is 1. The van der Waals surface area contributed by atoms with Crippen LogP contribution in [0.5, 0.6) is 5.75 Å². The molecule has 15 heavy (non-hydrogen) atoms. The van der Waals surface area contributed by atoms with E-state index in [0.29, 0.717) is 24.8 Å². The van der Waals surface area contributed by atoms with Crippen molar-refractivity contribution in [2.45, 2.75) is 25.4 Å². The zero-order valence-corrected chi connectivity index (χ0v) is 9.04. The summed E-state index contributed by atoms with van der Waals surface area (Å²) in [6.45, 7) is 0. The second-order valence-electron chi connectivity index (χ2n) is 3.47. The van der Waals surface area contributed by atoms with Crippen molar-refractivity contribution in [2.24, 2.45) is 0 Å². The van der Waals surface area contributed by atoms with E-state index in [1.165, 1.54) is 18.2 Å². The molecule has 1 aromatic rings. The predicted molar refractivity (Wildman–Crippen MR) is 57.7 cm³/mol. The zero-order chi connectivity index (χ0) is 11.3. The highest BCUT2D eigenvalue weighted by Gasteiger charge is 2.05. The van der Waals surface area contributed by atoms with Gasteiger partial charge in [0.15, 0.2) is 0 Å². The molecule has 0 aliphatic rings. The Kier molecular flexibility index (Phi) is 4.85. The molecule has 0 radical (unpaired) electrons. The zero-order valence-electron chi connectivity index (χ0n) is 8.29. The van der Waals surface area contributed by atoms with Crippen LogP contribution in [-0.2, 0) is 6.42 Å². The minimum Gasteiger partial charge on any atom is -0.508 e. The number of aryl methyl sites for hydroxylation is 1. The average molecular weight is 233 g/mol. The second kappa shape index (κ2) is 5.93. The van der Waals surface area contributed by atoms with Gasteiger partial charge in [-0.15, -0.1) is 11.6 Å². The van der Waals surface area contributed by atoms with Crippen molar-refractivity contribution in [1.82, 2.24) is 0 Å². The van der Waals surface area contributed by atoms with Crippen LogP contribution < -0.4 is 0 Å². The molecule has 0 spiro atoms. The van der Waals surface area contributed by atoms with E-state index < -0.39 is 6.10 Å². The Hall–Kier alpha value is -0.800. The van der Waals surface area contributed by atoms with Crippen LogP contribution >= 0.6 is 11.6 Å². The molecule has 0 aromatic heterocycles. The van der Waals surface area contributed by atoms with Crippen LogP contribution in [0.15, 0.2) is 18.2 Å². The van der Waals surface area contributed by atoms with E-state index in [1.54, 1.807) is 0 Å². The van der Waals surface area contributed by atoms with Crippen LogP contribution in [0.4, 0.5) is 4.39 Å². The number of aromatic hydroxyl groups is 1. The first-order chi connectivity index (χ1) is 7.13. The Morgan fingerprint density at radius 3 is 2.80 bits per heavy atom. The van der Waals surface area contributed by atoms with Crippen molar-refractivity contribution in [3.63, 3.8) is 0 Å². The molecule has 2 nitrogen and oxygen atoms in total. The molecule has 1 atom stereocenters. The van der Waals surface area contributed by atoms with Gasteiger partial charge in [0.25, 0.3) is 0 Å². The minimum absolute atomic E-state index is 0.0942. The van der Waals surface area contributed by atoms with Crippen LogP contribution in [0.2, 0.25) is 0 Å². The molecular weight excluding hydrogens is 219 g/mol. The van der Waals surface area contributed by atoms with Gasteiger partial charge < -0.3 is 10.2 Å². The molecule has 4 heteroatoms. The number of hydrogen-bond donors (Lipinski definition) is 2. The Morgan fingerprint density at radius 1 is 1.40 bits per heavy atom. The molecule has 0 aliphatic heterocycles. The summed E-state index contributed by atoms with van der Waals surface area (Å²) >= 11 is 5.43. The van der Waals surface area contributed by atoms with E-state index in [4.69, 9.17) is 11.6 Å². The molecule has 0 fully saturated rings. The molecule has 1 rings (SSSR count). The topological polar surface area (TPSA) is 40.5 Å². The maximum Gasteiger partial charge on any atom is 0.123 e. The molecule has 0 unspecified atom stereocenters. The van der Waals surface area contributed by atoms with Gasteiger partial charge in [-0.3, -0.25) is 0 Å². The fourth-order valence-electron chi connectivity index (χ4n) is 1.36. The number of benzene rings is 1. The minimum atomic E-state index is -0.526. The maximum atomic E-state index is 12.8. The Bertz CT molecular complexity index is 317. The molecule has 2 N–H and O–H groups in total. The number of rotatable bonds is 5. The van der Waals surface area contributed by atoms with Crippen molar-refractivity contribution >= 4 is 11.6 Å². The molecule has 1 aromatic carbocycles. The predicted octanol–water partition coefficient (Wildman–Crippen LogP) is 2.45. The standard InChI is InChI=1S/C11H14ClFO2/c12-7-10(14)3-1-2-8-6-9(13)4-5-11(8)15/h4-6,10,14-15H,1-3,7H2/t10-/m1/s1. The first kappa shape index (κ1) is 12.3. The summed E-state index contributed by atoms with van der Waals surface area (Å²) in [4.78, 5) is 0. The van der Waals surface area contributed by atoms with Crippen molar-refractivity contribution < 1.29 is 14.6 Å². The van der Waals surface area contributed by atoms with E-state index in [1.807, 2.05) is 0 Å². The van der Waals surface area contributed by atoms with Gasteiger partial charge >= 0.3 is 0 Å². The number of phenols is 1. The van der Waals surface area contributed by atoms with Gasteiger partial charge in [-0.25, -0.2) is 4.39 Å². The summed E-state index contributed by atoms with van der Waals surface area (Å²) < 4.78 is 12.8. The third kappa shape index (κ3) is 4.06. The molecule has 0 bridgehead atoms. The Labute approximate surface area is 93.3 Å². The largest absolute Gasteiger partial charge is 0.508 e. The van der Waals surface area contributed by atoms with E-state index in [-0.39, 0.29) is 17.4 Å². The first-order valence-corrected chi connectivity index (χ1v) is 5.38. The van der Waals surface area contributed by atoms with Gasteiger partial charge in [-0.1, -0.05) is 0 Å². The highest BCUT2D eigenvalue weighted by atomic mass is 35.5. The molecule has 0 aliphatic carbocycles. The summed E-state index contributed by atoms with van der Waals surface area (Å²) in [5.41, 5.74) is 0.566. The summed E-state index contributed by atoms with van der Waals surface area (Å²) in [6, 6.07) is 3.86. The average Bonchev–Trinajstić information content (AvgIpc) is 2.23. The van der Waals surface area contributed by atoms with Gasteiger partial charge in [0, 0.05) is 5.88 Å². The lowest BCUT2D eigenvalue weighted by Crippen LogP contribution is -2.08. The normalized spacial score (nSPS) is 12.7. The first-order valence-electron chi connectivity index (χ1n) is 4.85. The second-order valence-corrected chi connectivity index (χ2v) is 3.78. The van der Waals surface area contributed by atoms with Gasteiger partial charge in [0.2, 0.25) is 0 Å². The number of phenolic OH excluding ortho intramolecular Hbond substituents is 1. The van der Waals surface area contributed by atoms with Gasteiger partial charge in [0.05, 0.1) is 6.10 Å². The van der Waals surface area contributed by atoms with Crippen molar-refractivity contribution in [3.8, 4) is 5.75 Å². The van der Waals surface area contributed by atoms with E-state index in [2.05, 4.69) is 0 Å². The van der Waals surface area contributed by atoms with E-state index in [9.17, 15) is 14.6 Å². The highest BCUT2D eigenvalue weighted by molar-refractivity contribution is 6.18. The van der Waals surface area contributed by atoms with Crippen LogP contribution in [0.25, 0.3) is 0 Å². The number of aliphatic hydroxyl groups is 1. The summed E-state index contributed by atoms with van der Waals surface area (Å²) in [6.07, 6.45) is 1.24. The number of halogens is 2. The van der Waals surface area contributed by atoms with Gasteiger partial charge in [0.1, 0.15) is 11.6 Å². The van der Waals surface area contributed by atoms with Crippen LogP contribution in [-0.4, -0.2) is 22.2 Å². The molecule has 84 valence electrons.